The van der Waals surface area contributed by atoms with Gasteiger partial charge in [0.25, 0.3) is 5.82 Å². The van der Waals surface area contributed by atoms with E-state index >= 15 is 0 Å². The van der Waals surface area contributed by atoms with E-state index in [2.05, 4.69) is 40.9 Å². The molecule has 1 aliphatic rings. The van der Waals surface area contributed by atoms with Crippen LogP contribution in [0.4, 0.5) is 5.82 Å². The third-order valence-corrected chi connectivity index (χ3v) is 1.98. The molecule has 15 heavy (non-hydrogen) atoms. The standard InChI is InChI=1S/C8H11N2.H2O4S/c1-9-6-7-10-5-3-2-4-8(9)10;1-5(2,3)4/h2-5H,6-7H2,1H3;(H2,1,2,3,4)/q+1;/p-2. The highest BCUT2D eigenvalue weighted by molar-refractivity contribution is 7.79. The van der Waals surface area contributed by atoms with Gasteiger partial charge in [-0.25, -0.2) is 4.57 Å². The molecule has 2 heterocycles. The SMILES string of the molecule is CN1CC[n+]2ccccc21.O=S(=O)([O-])[O-]. The van der Waals surface area contributed by atoms with E-state index in [4.69, 9.17) is 17.5 Å². The van der Waals surface area contributed by atoms with E-state index in [-0.39, 0.29) is 0 Å². The van der Waals surface area contributed by atoms with E-state index in [1.54, 1.807) is 0 Å². The first-order valence-electron chi connectivity index (χ1n) is 4.24. The fourth-order valence-electron chi connectivity index (χ4n) is 1.38. The summed E-state index contributed by atoms with van der Waals surface area (Å²) in [5, 5.41) is 0. The summed E-state index contributed by atoms with van der Waals surface area (Å²) in [6.07, 6.45) is 2.12. The van der Waals surface area contributed by atoms with Crippen LogP contribution in [0.2, 0.25) is 0 Å². The largest absolute Gasteiger partial charge is 0.759 e. The normalized spacial score (nSPS) is 14.2. The predicted molar refractivity (Wildman–Crippen MR) is 50.4 cm³/mol. The summed E-state index contributed by atoms with van der Waals surface area (Å²) >= 11 is 0. The minimum Gasteiger partial charge on any atom is -0.759 e. The zero-order valence-electron chi connectivity index (χ0n) is 8.16. The number of hydrogen-bond acceptors (Lipinski definition) is 5. The van der Waals surface area contributed by atoms with E-state index in [0.717, 1.165) is 13.1 Å². The summed E-state index contributed by atoms with van der Waals surface area (Å²) in [7, 11) is -3.04. The molecule has 84 valence electrons. The second-order valence-electron chi connectivity index (χ2n) is 3.08. The number of likely N-dealkylation sites (N-methyl/N-ethyl adjacent to an activating group) is 1. The molecule has 0 N–H and O–H groups in total. The van der Waals surface area contributed by atoms with Crippen molar-refractivity contribution < 1.29 is 22.1 Å². The third-order valence-electron chi connectivity index (χ3n) is 1.98. The molecule has 0 fully saturated rings. The van der Waals surface area contributed by atoms with Crippen LogP contribution < -0.4 is 9.47 Å². The molecule has 2 rings (SSSR count). The maximum absolute atomic E-state index is 8.52. The molecule has 0 saturated heterocycles. The first-order chi connectivity index (χ1) is 6.88. The summed E-state index contributed by atoms with van der Waals surface area (Å²) in [6, 6.07) is 6.29. The number of aromatic nitrogens is 1. The Morgan fingerprint density at radius 1 is 1.40 bits per heavy atom. The second-order valence-corrected chi connectivity index (χ2v) is 3.90. The average molecular weight is 231 g/mol. The highest BCUT2D eigenvalue weighted by atomic mass is 32.3. The van der Waals surface area contributed by atoms with Gasteiger partial charge in [0, 0.05) is 16.5 Å². The van der Waals surface area contributed by atoms with E-state index in [1.165, 1.54) is 5.82 Å². The summed E-state index contributed by atoms with van der Waals surface area (Å²) in [4.78, 5) is 2.26. The lowest BCUT2D eigenvalue weighted by Gasteiger charge is -2.06. The molecular formula is C8H11N2O4S-. The molecule has 1 aliphatic heterocycles. The van der Waals surface area contributed by atoms with Gasteiger partial charge in [-0.2, -0.15) is 0 Å². The Morgan fingerprint density at radius 3 is 2.53 bits per heavy atom. The average Bonchev–Trinajstić information content (AvgIpc) is 2.46. The number of hydrogen-bond donors (Lipinski definition) is 0. The van der Waals surface area contributed by atoms with E-state index in [0.29, 0.717) is 0 Å². The number of pyridine rings is 1. The lowest BCUT2D eigenvalue weighted by molar-refractivity contribution is -0.670. The summed E-state index contributed by atoms with van der Waals surface area (Å²) in [5.74, 6) is 1.32. The van der Waals surface area contributed by atoms with Crippen molar-refractivity contribution in [3.05, 3.63) is 24.4 Å². The first kappa shape index (κ1) is 11.9. The van der Waals surface area contributed by atoms with Crippen molar-refractivity contribution in [1.29, 1.82) is 0 Å². The van der Waals surface area contributed by atoms with Gasteiger partial charge in [-0.05, 0) is 6.07 Å². The molecule has 0 saturated carbocycles. The summed E-state index contributed by atoms with van der Waals surface area (Å²) in [6.45, 7) is 2.27. The van der Waals surface area contributed by atoms with Gasteiger partial charge in [0.15, 0.2) is 0 Å². The van der Waals surface area contributed by atoms with Crippen LogP contribution in [0.25, 0.3) is 0 Å². The monoisotopic (exact) mass is 231 g/mol. The molecule has 0 unspecified atom stereocenters. The molecule has 7 heteroatoms. The molecule has 0 bridgehead atoms. The first-order valence-corrected chi connectivity index (χ1v) is 5.57. The predicted octanol–water partition coefficient (Wildman–Crippen LogP) is -0.914. The fourth-order valence-corrected chi connectivity index (χ4v) is 1.38. The van der Waals surface area contributed by atoms with Gasteiger partial charge >= 0.3 is 0 Å². The zero-order valence-corrected chi connectivity index (χ0v) is 8.98. The molecule has 0 radical (unpaired) electrons. The maximum Gasteiger partial charge on any atom is 0.276 e. The molecule has 0 spiro atoms. The van der Waals surface area contributed by atoms with Crippen molar-refractivity contribution >= 4 is 16.2 Å². The number of anilines is 1. The van der Waals surface area contributed by atoms with Gasteiger partial charge in [0.1, 0.15) is 13.1 Å². The van der Waals surface area contributed by atoms with Crippen molar-refractivity contribution in [2.75, 3.05) is 18.5 Å². The van der Waals surface area contributed by atoms with Crippen LogP contribution in [0.1, 0.15) is 0 Å². The van der Waals surface area contributed by atoms with Crippen LogP contribution in [0, 0.1) is 0 Å². The van der Waals surface area contributed by atoms with Crippen molar-refractivity contribution in [2.45, 2.75) is 6.54 Å². The molecule has 1 aromatic heterocycles. The Bertz CT molecular complexity index is 424. The number of fused-ring (bicyclic) bond motifs is 1. The molecule has 0 aromatic carbocycles. The quantitative estimate of drug-likeness (QED) is 0.327. The van der Waals surface area contributed by atoms with Crippen LogP contribution in [-0.2, 0) is 16.9 Å². The van der Waals surface area contributed by atoms with E-state index in [1.807, 2.05) is 0 Å². The van der Waals surface area contributed by atoms with Gasteiger partial charge in [-0.1, -0.05) is 6.07 Å². The van der Waals surface area contributed by atoms with Gasteiger partial charge in [-0.15, -0.1) is 0 Å². The Labute approximate surface area is 88.3 Å². The van der Waals surface area contributed by atoms with Gasteiger partial charge in [0.2, 0.25) is 0 Å². The van der Waals surface area contributed by atoms with Crippen LogP contribution in [-0.4, -0.2) is 31.1 Å². The number of rotatable bonds is 0. The Balaban J connectivity index is 0.000000195. The molecule has 6 nitrogen and oxygen atoms in total. The van der Waals surface area contributed by atoms with Crippen LogP contribution >= 0.6 is 0 Å². The van der Waals surface area contributed by atoms with Gasteiger partial charge in [0.05, 0.1) is 13.2 Å². The molecule has 0 atom stereocenters. The lowest BCUT2D eigenvalue weighted by atomic mass is 10.4. The molecular weight excluding hydrogens is 220 g/mol. The maximum atomic E-state index is 8.52. The van der Waals surface area contributed by atoms with Crippen molar-refractivity contribution in [2.24, 2.45) is 0 Å². The van der Waals surface area contributed by atoms with Crippen molar-refractivity contribution in [1.82, 2.24) is 0 Å². The highest BCUT2D eigenvalue weighted by Crippen LogP contribution is 2.08. The minimum absolute atomic E-state index is 1.13. The summed E-state index contributed by atoms with van der Waals surface area (Å²) < 4.78 is 36.3. The topological polar surface area (TPSA) is 87.4 Å². The van der Waals surface area contributed by atoms with Gasteiger partial charge in [-0.3, -0.25) is 13.3 Å². The Hall–Kier alpha value is -1.18. The van der Waals surface area contributed by atoms with Crippen molar-refractivity contribution in [3.8, 4) is 0 Å². The zero-order chi connectivity index (χ0) is 11.5. The van der Waals surface area contributed by atoms with Crippen LogP contribution in [0.5, 0.6) is 0 Å². The van der Waals surface area contributed by atoms with E-state index < -0.39 is 10.4 Å². The van der Waals surface area contributed by atoms with Crippen LogP contribution in [0.3, 0.4) is 0 Å². The third kappa shape index (κ3) is 4.24. The lowest BCUT2D eigenvalue weighted by Crippen LogP contribution is -2.29. The second kappa shape index (κ2) is 4.56. The fraction of sp³-hybridized carbons (Fsp3) is 0.375. The van der Waals surface area contributed by atoms with Crippen molar-refractivity contribution in [3.63, 3.8) is 0 Å². The van der Waals surface area contributed by atoms with E-state index in [9.17, 15) is 0 Å². The Morgan fingerprint density at radius 2 is 2.00 bits per heavy atom. The minimum atomic E-state index is -5.17. The van der Waals surface area contributed by atoms with Crippen LogP contribution in [0.15, 0.2) is 24.4 Å². The highest BCUT2D eigenvalue weighted by Gasteiger charge is 2.21. The number of nitrogens with zero attached hydrogens (tertiary/aromatic N) is 2. The molecule has 0 amide bonds. The molecule has 0 aliphatic carbocycles. The van der Waals surface area contributed by atoms with Gasteiger partial charge < -0.3 is 9.11 Å². The molecule has 1 aromatic rings. The Kier molecular flexibility index (Phi) is 3.61. The summed E-state index contributed by atoms with van der Waals surface area (Å²) in [5.41, 5.74) is 0. The smallest absolute Gasteiger partial charge is 0.276 e.